The van der Waals surface area contributed by atoms with E-state index in [0.717, 1.165) is 17.6 Å². The highest BCUT2D eigenvalue weighted by Gasteiger charge is 2.27. The first-order chi connectivity index (χ1) is 12.3. The zero-order valence-corrected chi connectivity index (χ0v) is 15.2. The zero-order valence-electron chi connectivity index (χ0n) is 15.2. The second-order valence-corrected chi connectivity index (χ2v) is 7.13. The lowest BCUT2D eigenvalue weighted by molar-refractivity contribution is 0.150. The topological polar surface area (TPSA) is 63.5 Å². The fraction of sp³-hybridized carbons (Fsp3) is 0.600. The van der Waals surface area contributed by atoms with E-state index in [-0.39, 0.29) is 0 Å². The summed E-state index contributed by atoms with van der Waals surface area (Å²) in [6, 6.07) is 11.2. The largest absolute Gasteiger partial charge is 0.354 e. The highest BCUT2D eigenvalue weighted by Crippen LogP contribution is 2.26. The van der Waals surface area contributed by atoms with Crippen molar-refractivity contribution in [3.05, 3.63) is 35.4 Å². The smallest absolute Gasteiger partial charge is 0.191 e. The van der Waals surface area contributed by atoms with Gasteiger partial charge in [0.05, 0.1) is 11.6 Å². The van der Waals surface area contributed by atoms with Crippen molar-refractivity contribution in [1.29, 1.82) is 5.26 Å². The maximum absolute atomic E-state index is 8.99. The molecular weight excluding hydrogens is 310 g/mol. The molecule has 1 aliphatic carbocycles. The summed E-state index contributed by atoms with van der Waals surface area (Å²) in [4.78, 5) is 7.04. The monoisotopic (exact) mass is 339 g/mol. The number of nitrogens with zero attached hydrogens (tertiary/aromatic N) is 3. The third kappa shape index (κ3) is 4.96. The Bertz CT molecular complexity index is 619. The molecule has 0 atom stereocenters. The molecule has 1 saturated carbocycles. The van der Waals surface area contributed by atoms with Crippen LogP contribution in [0.5, 0.6) is 0 Å². The van der Waals surface area contributed by atoms with Crippen molar-refractivity contribution < 1.29 is 0 Å². The second kappa shape index (κ2) is 8.87. The van der Waals surface area contributed by atoms with E-state index < -0.39 is 0 Å². The van der Waals surface area contributed by atoms with E-state index in [0.29, 0.717) is 18.2 Å². The van der Waals surface area contributed by atoms with E-state index in [9.17, 15) is 0 Å². The Morgan fingerprint density at radius 3 is 2.68 bits per heavy atom. The predicted octanol–water partition coefficient (Wildman–Crippen LogP) is 2.63. The van der Waals surface area contributed by atoms with Gasteiger partial charge in [-0.3, -0.25) is 4.99 Å². The van der Waals surface area contributed by atoms with Crippen LogP contribution >= 0.6 is 0 Å². The summed E-state index contributed by atoms with van der Waals surface area (Å²) >= 11 is 0. The minimum atomic E-state index is 0.495. The molecule has 2 aliphatic rings. The quantitative estimate of drug-likeness (QED) is 0.654. The average molecular weight is 339 g/mol. The molecule has 0 radical (unpaired) electrons. The molecule has 0 bridgehead atoms. The van der Waals surface area contributed by atoms with E-state index in [1.165, 1.54) is 51.6 Å². The summed E-state index contributed by atoms with van der Waals surface area (Å²) in [6.45, 7) is 3.07. The molecule has 5 nitrogen and oxygen atoms in total. The number of piperidine rings is 1. The number of nitrogens with one attached hydrogen (secondary N) is 2. The molecular formula is C20H29N5. The van der Waals surface area contributed by atoms with E-state index in [2.05, 4.69) is 26.6 Å². The summed E-state index contributed by atoms with van der Waals surface area (Å²) in [5.41, 5.74) is 1.79. The summed E-state index contributed by atoms with van der Waals surface area (Å²) in [5, 5.41) is 15.9. The van der Waals surface area contributed by atoms with Crippen LogP contribution < -0.4 is 10.6 Å². The van der Waals surface area contributed by atoms with Gasteiger partial charge in [-0.15, -0.1) is 0 Å². The number of guanidine groups is 1. The maximum Gasteiger partial charge on any atom is 0.191 e. The lowest BCUT2D eigenvalue weighted by atomic mass is 10.0. The van der Waals surface area contributed by atoms with E-state index in [1.54, 1.807) is 0 Å². The highest BCUT2D eigenvalue weighted by atomic mass is 15.2. The molecule has 0 aromatic heterocycles. The first-order valence-corrected chi connectivity index (χ1v) is 9.49. The van der Waals surface area contributed by atoms with Crippen molar-refractivity contribution in [1.82, 2.24) is 15.5 Å². The van der Waals surface area contributed by atoms with Crippen molar-refractivity contribution in [2.45, 2.75) is 57.2 Å². The third-order valence-corrected chi connectivity index (χ3v) is 5.45. The first kappa shape index (κ1) is 17.8. The van der Waals surface area contributed by atoms with Gasteiger partial charge in [0.15, 0.2) is 5.96 Å². The molecule has 134 valence electrons. The van der Waals surface area contributed by atoms with Gasteiger partial charge in [-0.2, -0.15) is 5.26 Å². The van der Waals surface area contributed by atoms with Crippen LogP contribution in [-0.2, 0) is 6.54 Å². The minimum absolute atomic E-state index is 0.495. The summed E-state index contributed by atoms with van der Waals surface area (Å²) in [5.74, 6) is 0.849. The molecule has 0 unspecified atom stereocenters. The molecule has 0 spiro atoms. The number of likely N-dealkylation sites (tertiary alicyclic amines) is 1. The number of nitriles is 1. The van der Waals surface area contributed by atoms with Crippen LogP contribution in [-0.4, -0.2) is 43.1 Å². The Morgan fingerprint density at radius 2 is 2.00 bits per heavy atom. The summed E-state index contributed by atoms with van der Waals surface area (Å²) < 4.78 is 0. The standard InChI is InChI=1S/C20H29N5/c1-22-20(23-15-17-6-4-5-16(13-17)14-21)24-18-9-11-25(12-10-18)19-7-2-3-8-19/h4-6,13,18-19H,2-3,7-12,15H2,1H3,(H2,22,23,24). The van der Waals surface area contributed by atoms with E-state index in [1.807, 2.05) is 31.3 Å². The predicted molar refractivity (Wildman–Crippen MR) is 101 cm³/mol. The number of hydrogen-bond acceptors (Lipinski definition) is 3. The van der Waals surface area contributed by atoms with Crippen molar-refractivity contribution in [3.63, 3.8) is 0 Å². The lowest BCUT2D eigenvalue weighted by Gasteiger charge is -2.36. The normalized spacial score (nSPS) is 20.4. The molecule has 5 heteroatoms. The fourth-order valence-electron chi connectivity index (χ4n) is 4.00. The van der Waals surface area contributed by atoms with Crippen LogP contribution in [0.15, 0.2) is 29.3 Å². The van der Waals surface area contributed by atoms with Gasteiger partial charge in [0.25, 0.3) is 0 Å². The SMILES string of the molecule is CN=C(NCc1cccc(C#N)c1)NC1CCN(C2CCCC2)CC1. The van der Waals surface area contributed by atoms with Crippen LogP contribution in [0.1, 0.15) is 49.7 Å². The number of rotatable bonds is 4. The number of benzene rings is 1. The van der Waals surface area contributed by atoms with Crippen molar-refractivity contribution in [2.75, 3.05) is 20.1 Å². The molecule has 1 aliphatic heterocycles. The average Bonchev–Trinajstić information content (AvgIpc) is 3.20. The first-order valence-electron chi connectivity index (χ1n) is 9.49. The zero-order chi connectivity index (χ0) is 17.5. The van der Waals surface area contributed by atoms with Gasteiger partial charge >= 0.3 is 0 Å². The second-order valence-electron chi connectivity index (χ2n) is 7.13. The summed E-state index contributed by atoms with van der Waals surface area (Å²) in [6.07, 6.45) is 7.97. The van der Waals surface area contributed by atoms with Gasteiger partial charge in [-0.25, -0.2) is 0 Å². The van der Waals surface area contributed by atoms with Gasteiger partial charge in [0, 0.05) is 38.8 Å². The van der Waals surface area contributed by atoms with Gasteiger partial charge in [0.2, 0.25) is 0 Å². The van der Waals surface area contributed by atoms with Crippen molar-refractivity contribution in [3.8, 4) is 6.07 Å². The van der Waals surface area contributed by atoms with E-state index in [4.69, 9.17) is 5.26 Å². The van der Waals surface area contributed by atoms with Gasteiger partial charge < -0.3 is 15.5 Å². The van der Waals surface area contributed by atoms with Crippen molar-refractivity contribution in [2.24, 2.45) is 4.99 Å². The molecule has 3 rings (SSSR count). The molecule has 1 aromatic rings. The molecule has 0 amide bonds. The molecule has 1 saturated heterocycles. The number of aliphatic imine (C=N–C) groups is 1. The van der Waals surface area contributed by atoms with Gasteiger partial charge in [-0.1, -0.05) is 25.0 Å². The van der Waals surface area contributed by atoms with Crippen LogP contribution in [0.25, 0.3) is 0 Å². The molecule has 2 fully saturated rings. The third-order valence-electron chi connectivity index (χ3n) is 5.45. The van der Waals surface area contributed by atoms with Crippen LogP contribution in [0.3, 0.4) is 0 Å². The Hall–Kier alpha value is -2.06. The van der Waals surface area contributed by atoms with E-state index >= 15 is 0 Å². The minimum Gasteiger partial charge on any atom is -0.354 e. The van der Waals surface area contributed by atoms with Crippen LogP contribution in [0.2, 0.25) is 0 Å². The molecule has 25 heavy (non-hydrogen) atoms. The Labute approximate surface area is 151 Å². The Morgan fingerprint density at radius 1 is 1.24 bits per heavy atom. The molecule has 2 N–H and O–H groups in total. The molecule has 1 heterocycles. The molecule has 1 aromatic carbocycles. The Kier molecular flexibility index (Phi) is 6.30. The van der Waals surface area contributed by atoms with Crippen molar-refractivity contribution >= 4 is 5.96 Å². The van der Waals surface area contributed by atoms with Crippen LogP contribution in [0.4, 0.5) is 0 Å². The van der Waals surface area contributed by atoms with Crippen LogP contribution in [0, 0.1) is 11.3 Å². The maximum atomic E-state index is 8.99. The Balaban J connectivity index is 1.44. The number of hydrogen-bond donors (Lipinski definition) is 2. The summed E-state index contributed by atoms with van der Waals surface area (Å²) in [7, 11) is 1.81. The fourth-order valence-corrected chi connectivity index (χ4v) is 4.00. The lowest BCUT2D eigenvalue weighted by Crippen LogP contribution is -2.50. The highest BCUT2D eigenvalue weighted by molar-refractivity contribution is 5.79. The van der Waals surface area contributed by atoms with Gasteiger partial charge in [0.1, 0.15) is 0 Å². The van der Waals surface area contributed by atoms with Gasteiger partial charge in [-0.05, 0) is 43.4 Å².